The van der Waals surface area contributed by atoms with Crippen molar-refractivity contribution in [1.29, 1.82) is 5.26 Å². The molecule has 2 aliphatic carbocycles. The number of nitriles is 1. The van der Waals surface area contributed by atoms with E-state index in [1.807, 2.05) is 5.32 Å². The van der Waals surface area contributed by atoms with Gasteiger partial charge in [0, 0.05) is 18.0 Å². The van der Waals surface area contributed by atoms with Crippen LogP contribution in [0.4, 0.5) is 13.2 Å². The van der Waals surface area contributed by atoms with Gasteiger partial charge >= 0.3 is 12.1 Å². The maximum atomic E-state index is 13.8. The number of carbonyl (C=O) groups is 4. The summed E-state index contributed by atoms with van der Waals surface area (Å²) in [7, 11) is 0. The molecule has 4 aliphatic rings. The topological polar surface area (TPSA) is 131 Å². The summed E-state index contributed by atoms with van der Waals surface area (Å²) < 4.78 is 39.4. The minimum Gasteiger partial charge on any atom is -0.350 e. The Balaban J connectivity index is 1.52. The highest BCUT2D eigenvalue weighted by Gasteiger charge is 2.53. The van der Waals surface area contributed by atoms with Crippen LogP contribution in [0.15, 0.2) is 0 Å². The number of likely N-dealkylation sites (tertiary alicyclic amines) is 1. The number of hydrogen-bond acceptors (Lipinski definition) is 5. The Hall–Kier alpha value is -2.84. The molecule has 0 aromatic heterocycles. The van der Waals surface area contributed by atoms with E-state index in [2.05, 4.69) is 16.7 Å². The Labute approximate surface area is 233 Å². The van der Waals surface area contributed by atoms with Gasteiger partial charge in [0.05, 0.1) is 6.07 Å². The lowest BCUT2D eigenvalue weighted by Gasteiger charge is -2.37. The predicted octanol–water partition coefficient (Wildman–Crippen LogP) is 3.09. The second-order valence-corrected chi connectivity index (χ2v) is 13.4. The van der Waals surface area contributed by atoms with Crippen LogP contribution in [0.1, 0.15) is 91.4 Å². The summed E-state index contributed by atoms with van der Waals surface area (Å²) in [6.07, 6.45) is 3.10. The smallest absolute Gasteiger partial charge is 0.350 e. The largest absolute Gasteiger partial charge is 0.471 e. The van der Waals surface area contributed by atoms with Gasteiger partial charge in [-0.15, -0.1) is 0 Å². The highest BCUT2D eigenvalue weighted by atomic mass is 19.4. The third-order valence-electron chi connectivity index (χ3n) is 9.23. The van der Waals surface area contributed by atoms with E-state index < -0.39 is 53.4 Å². The fourth-order valence-corrected chi connectivity index (χ4v) is 6.67. The molecule has 2 heterocycles. The summed E-state index contributed by atoms with van der Waals surface area (Å²) in [5, 5.41) is 17.4. The normalized spacial score (nSPS) is 26.9. The molecule has 2 spiro atoms. The molecule has 4 amide bonds. The van der Waals surface area contributed by atoms with Crippen molar-refractivity contribution in [1.82, 2.24) is 20.9 Å². The van der Waals surface area contributed by atoms with Crippen molar-refractivity contribution in [2.45, 2.75) is 121 Å². The van der Waals surface area contributed by atoms with Gasteiger partial charge < -0.3 is 20.9 Å². The zero-order valence-corrected chi connectivity index (χ0v) is 23.5. The van der Waals surface area contributed by atoms with Crippen LogP contribution >= 0.6 is 0 Å². The fourth-order valence-electron chi connectivity index (χ4n) is 6.67. The van der Waals surface area contributed by atoms with Gasteiger partial charge in [0.1, 0.15) is 18.1 Å². The van der Waals surface area contributed by atoms with Crippen molar-refractivity contribution < 1.29 is 32.3 Å². The Morgan fingerprint density at radius 3 is 2.25 bits per heavy atom. The second kappa shape index (κ2) is 10.9. The van der Waals surface area contributed by atoms with Crippen LogP contribution in [0.5, 0.6) is 0 Å². The number of carbonyl (C=O) groups excluding carboxylic acids is 4. The Morgan fingerprint density at radius 2 is 1.73 bits per heavy atom. The maximum Gasteiger partial charge on any atom is 0.471 e. The average Bonchev–Trinajstić information content (AvgIpc) is 3.52. The summed E-state index contributed by atoms with van der Waals surface area (Å²) in [5.74, 6) is -4.05. The fraction of sp³-hybridized carbons (Fsp3) is 0.821. The number of alkyl halides is 3. The molecule has 0 aromatic rings. The van der Waals surface area contributed by atoms with Crippen LogP contribution in [0.25, 0.3) is 0 Å². The lowest BCUT2D eigenvalue weighted by atomic mass is 9.72. The molecule has 2 saturated heterocycles. The van der Waals surface area contributed by atoms with Crippen molar-refractivity contribution in [3.8, 4) is 6.07 Å². The number of halogens is 3. The average molecular weight is 568 g/mol. The number of nitrogens with zero attached hydrogens (tertiary/aromatic N) is 2. The van der Waals surface area contributed by atoms with Gasteiger partial charge in [-0.05, 0) is 62.2 Å². The van der Waals surface area contributed by atoms with Crippen LogP contribution < -0.4 is 16.0 Å². The molecule has 9 nitrogen and oxygen atoms in total. The van der Waals surface area contributed by atoms with E-state index in [9.17, 15) is 37.6 Å². The number of nitrogens with one attached hydrogen (secondary N) is 3. The molecule has 12 heteroatoms. The molecular weight excluding hydrogens is 527 g/mol. The van der Waals surface area contributed by atoms with Crippen LogP contribution in [0.2, 0.25) is 0 Å². The molecule has 2 saturated carbocycles. The summed E-state index contributed by atoms with van der Waals surface area (Å²) in [4.78, 5) is 53.2. The van der Waals surface area contributed by atoms with Gasteiger partial charge in [-0.25, -0.2) is 0 Å². The third kappa shape index (κ3) is 6.55. The first kappa shape index (κ1) is 30.1. The van der Waals surface area contributed by atoms with E-state index in [4.69, 9.17) is 0 Å². The molecule has 3 N–H and O–H groups in total. The highest BCUT2D eigenvalue weighted by molar-refractivity contribution is 5.94. The highest BCUT2D eigenvalue weighted by Crippen LogP contribution is 2.47. The first-order chi connectivity index (χ1) is 18.6. The molecule has 2 aliphatic heterocycles. The molecule has 4 fully saturated rings. The molecule has 0 bridgehead atoms. The van der Waals surface area contributed by atoms with Gasteiger partial charge in [0.2, 0.25) is 17.7 Å². The number of amides is 4. The second-order valence-electron chi connectivity index (χ2n) is 13.4. The van der Waals surface area contributed by atoms with Gasteiger partial charge in [-0.2, -0.15) is 18.4 Å². The van der Waals surface area contributed by atoms with Crippen molar-refractivity contribution in [2.75, 3.05) is 6.54 Å². The molecule has 40 heavy (non-hydrogen) atoms. The van der Waals surface area contributed by atoms with E-state index >= 15 is 0 Å². The van der Waals surface area contributed by atoms with E-state index in [1.165, 1.54) is 4.90 Å². The lowest BCUT2D eigenvalue weighted by molar-refractivity contribution is -0.176. The van der Waals surface area contributed by atoms with E-state index in [-0.39, 0.29) is 29.8 Å². The Morgan fingerprint density at radius 1 is 1.07 bits per heavy atom. The van der Waals surface area contributed by atoms with E-state index in [0.29, 0.717) is 12.8 Å². The minimum absolute atomic E-state index is 0.0941. The standard InChI is InChI=1S/C28H40F3N5O4/c1-25(2,3)20(34-24(40)28(29,30)31)23(39)36-16-26(8-5-4-6-9-26)14-19(36)22(38)33-18(15-32)13-17-7-10-27(11-12-27)35-21(17)37/h17-20H,4-14,16H2,1-3H3,(H,33,38)(H,34,40)(H,35,37)/t17-,18-,19-,20+/m0/s1. The summed E-state index contributed by atoms with van der Waals surface area (Å²) >= 11 is 0. The van der Waals surface area contributed by atoms with Gasteiger partial charge in [0.15, 0.2) is 0 Å². The molecule has 0 aromatic carbocycles. The van der Waals surface area contributed by atoms with Gasteiger partial charge in [-0.3, -0.25) is 19.2 Å². The van der Waals surface area contributed by atoms with Crippen LogP contribution in [0.3, 0.4) is 0 Å². The number of piperidine rings is 1. The number of hydrogen-bond donors (Lipinski definition) is 3. The van der Waals surface area contributed by atoms with E-state index in [1.54, 1.807) is 20.8 Å². The molecular formula is C28H40F3N5O4. The van der Waals surface area contributed by atoms with Crippen LogP contribution in [0, 0.1) is 28.1 Å². The van der Waals surface area contributed by atoms with Crippen molar-refractivity contribution in [2.24, 2.45) is 16.7 Å². The molecule has 0 unspecified atom stereocenters. The van der Waals surface area contributed by atoms with Crippen molar-refractivity contribution in [3.05, 3.63) is 0 Å². The van der Waals surface area contributed by atoms with Crippen molar-refractivity contribution >= 4 is 23.6 Å². The van der Waals surface area contributed by atoms with Gasteiger partial charge in [0.25, 0.3) is 0 Å². The monoisotopic (exact) mass is 567 g/mol. The summed E-state index contributed by atoms with van der Waals surface area (Å²) in [6.45, 7) is 4.87. The quantitative estimate of drug-likeness (QED) is 0.454. The Kier molecular flexibility index (Phi) is 8.18. The zero-order valence-electron chi connectivity index (χ0n) is 23.5. The third-order valence-corrected chi connectivity index (χ3v) is 9.23. The van der Waals surface area contributed by atoms with Crippen LogP contribution in [-0.4, -0.2) is 64.9 Å². The molecule has 4 rings (SSSR count). The predicted molar refractivity (Wildman–Crippen MR) is 138 cm³/mol. The minimum atomic E-state index is -5.17. The lowest BCUT2D eigenvalue weighted by Crippen LogP contribution is -2.59. The Bertz CT molecular complexity index is 1070. The summed E-state index contributed by atoms with van der Waals surface area (Å²) in [5.41, 5.74) is -1.51. The zero-order chi connectivity index (χ0) is 29.5. The van der Waals surface area contributed by atoms with Gasteiger partial charge in [-0.1, -0.05) is 40.0 Å². The number of rotatable bonds is 6. The first-order valence-electron chi connectivity index (χ1n) is 14.3. The molecule has 222 valence electrons. The SMILES string of the molecule is CC(C)(C)[C@H](NC(=O)C(F)(F)F)C(=O)N1CC2(CCCCC2)C[C@H]1C(=O)N[C@H](C#N)C[C@@H]1CCC2(CC2)NC1=O. The van der Waals surface area contributed by atoms with Crippen LogP contribution in [-0.2, 0) is 19.2 Å². The summed E-state index contributed by atoms with van der Waals surface area (Å²) in [6, 6.07) is -1.40. The first-order valence-corrected chi connectivity index (χ1v) is 14.3. The molecule has 4 atom stereocenters. The van der Waals surface area contributed by atoms with E-state index in [0.717, 1.165) is 51.4 Å². The van der Waals surface area contributed by atoms with Crippen molar-refractivity contribution in [3.63, 3.8) is 0 Å². The maximum absolute atomic E-state index is 13.8. The molecule has 0 radical (unpaired) electrons.